The molecule has 1 heterocycles. The van der Waals surface area contributed by atoms with Crippen molar-refractivity contribution in [3.8, 4) is 0 Å². The number of carbonyl (C=O) groups excluding carboxylic acids is 1. The zero-order chi connectivity index (χ0) is 14.3. The van der Waals surface area contributed by atoms with Crippen molar-refractivity contribution in [1.29, 1.82) is 0 Å². The topological polar surface area (TPSA) is 43.3 Å². The van der Waals surface area contributed by atoms with Gasteiger partial charge in [-0.2, -0.15) is 0 Å². The number of carbonyl (C=O) groups is 1. The van der Waals surface area contributed by atoms with Crippen molar-refractivity contribution < 1.29 is 9.53 Å². The summed E-state index contributed by atoms with van der Waals surface area (Å²) < 4.78 is 7.20. The summed E-state index contributed by atoms with van der Waals surface area (Å²) in [5, 5.41) is 3.38. The highest BCUT2D eigenvalue weighted by molar-refractivity contribution is 5.69. The molecule has 1 rings (SSSR count). The van der Waals surface area contributed by atoms with Gasteiger partial charge in [-0.15, -0.1) is 0 Å². The standard InChI is InChI=1S/C15H26N2O2/c1-5-17-12(3)10-14(13(17)4)11-16-9-7-8-15(18)19-6-2/h10,16H,5-9,11H2,1-4H3. The smallest absolute Gasteiger partial charge is 0.305 e. The molecule has 0 aliphatic heterocycles. The minimum absolute atomic E-state index is 0.103. The highest BCUT2D eigenvalue weighted by atomic mass is 16.5. The molecule has 0 aromatic carbocycles. The van der Waals surface area contributed by atoms with E-state index in [9.17, 15) is 4.79 Å². The highest BCUT2D eigenvalue weighted by Gasteiger charge is 2.07. The first-order chi connectivity index (χ1) is 9.10. The van der Waals surface area contributed by atoms with Crippen LogP contribution in [0.4, 0.5) is 0 Å². The predicted molar refractivity (Wildman–Crippen MR) is 77.2 cm³/mol. The molecule has 0 spiro atoms. The molecule has 0 bridgehead atoms. The first-order valence-corrected chi connectivity index (χ1v) is 7.12. The lowest BCUT2D eigenvalue weighted by Gasteiger charge is -2.07. The highest BCUT2D eigenvalue weighted by Crippen LogP contribution is 2.14. The molecule has 0 unspecified atom stereocenters. The fourth-order valence-electron chi connectivity index (χ4n) is 2.35. The first-order valence-electron chi connectivity index (χ1n) is 7.12. The maximum absolute atomic E-state index is 11.2. The molecule has 0 radical (unpaired) electrons. The average Bonchev–Trinajstić information content (AvgIpc) is 2.64. The van der Waals surface area contributed by atoms with Gasteiger partial charge in [0.05, 0.1) is 6.61 Å². The van der Waals surface area contributed by atoms with E-state index in [1.54, 1.807) is 0 Å². The van der Waals surface area contributed by atoms with Crippen molar-refractivity contribution in [3.05, 3.63) is 23.0 Å². The van der Waals surface area contributed by atoms with Crippen molar-refractivity contribution in [2.45, 2.75) is 53.6 Å². The molecule has 0 fully saturated rings. The molecular formula is C15H26N2O2. The number of esters is 1. The van der Waals surface area contributed by atoms with Crippen molar-refractivity contribution in [2.75, 3.05) is 13.2 Å². The Morgan fingerprint density at radius 2 is 2.11 bits per heavy atom. The minimum Gasteiger partial charge on any atom is -0.466 e. The first kappa shape index (κ1) is 15.8. The molecule has 1 aromatic rings. The third-order valence-electron chi connectivity index (χ3n) is 3.35. The Morgan fingerprint density at radius 1 is 1.37 bits per heavy atom. The van der Waals surface area contributed by atoms with Gasteiger partial charge in [-0.05, 0) is 52.3 Å². The maximum Gasteiger partial charge on any atom is 0.305 e. The van der Waals surface area contributed by atoms with Gasteiger partial charge in [0.15, 0.2) is 0 Å². The SMILES string of the molecule is CCOC(=O)CCCNCc1cc(C)n(CC)c1C. The summed E-state index contributed by atoms with van der Waals surface area (Å²) in [4.78, 5) is 11.2. The van der Waals surface area contributed by atoms with E-state index in [0.717, 1.165) is 26.1 Å². The molecule has 0 saturated heterocycles. The summed E-state index contributed by atoms with van der Waals surface area (Å²) in [5.74, 6) is -0.103. The lowest BCUT2D eigenvalue weighted by atomic mass is 10.2. The third-order valence-corrected chi connectivity index (χ3v) is 3.35. The van der Waals surface area contributed by atoms with Crippen LogP contribution in [0.3, 0.4) is 0 Å². The number of hydrogen-bond donors (Lipinski definition) is 1. The molecular weight excluding hydrogens is 240 g/mol. The van der Waals surface area contributed by atoms with Crippen LogP contribution in [0, 0.1) is 13.8 Å². The van der Waals surface area contributed by atoms with Gasteiger partial charge in [0.1, 0.15) is 0 Å². The van der Waals surface area contributed by atoms with Crippen molar-refractivity contribution >= 4 is 5.97 Å². The van der Waals surface area contributed by atoms with Crippen LogP contribution in [0.1, 0.15) is 43.6 Å². The van der Waals surface area contributed by atoms with Crippen LogP contribution in [0.5, 0.6) is 0 Å². The van der Waals surface area contributed by atoms with Crippen LogP contribution in [0.2, 0.25) is 0 Å². The summed E-state index contributed by atoms with van der Waals surface area (Å²) >= 11 is 0. The number of ether oxygens (including phenoxy) is 1. The van der Waals surface area contributed by atoms with E-state index in [1.165, 1.54) is 17.0 Å². The van der Waals surface area contributed by atoms with E-state index in [2.05, 4.69) is 36.7 Å². The Kier molecular flexibility index (Phi) is 6.64. The molecule has 0 saturated carbocycles. The Labute approximate surface area is 116 Å². The van der Waals surface area contributed by atoms with Gasteiger partial charge >= 0.3 is 5.97 Å². The molecule has 0 aliphatic rings. The molecule has 0 atom stereocenters. The lowest BCUT2D eigenvalue weighted by Crippen LogP contribution is -2.17. The normalized spacial score (nSPS) is 10.7. The van der Waals surface area contributed by atoms with Gasteiger partial charge in [0.2, 0.25) is 0 Å². The Hall–Kier alpha value is -1.29. The predicted octanol–water partition coefficient (Wildman–Crippen LogP) is 2.56. The third kappa shape index (κ3) is 4.71. The van der Waals surface area contributed by atoms with E-state index in [1.807, 2.05) is 6.92 Å². The summed E-state index contributed by atoms with van der Waals surface area (Å²) in [5.41, 5.74) is 3.98. The summed E-state index contributed by atoms with van der Waals surface area (Å²) in [7, 11) is 0. The minimum atomic E-state index is -0.103. The van der Waals surface area contributed by atoms with Crippen molar-refractivity contribution in [1.82, 2.24) is 9.88 Å². The molecule has 1 N–H and O–H groups in total. The van der Waals surface area contributed by atoms with Crippen molar-refractivity contribution in [3.63, 3.8) is 0 Å². The maximum atomic E-state index is 11.2. The van der Waals surface area contributed by atoms with Gasteiger partial charge in [-0.25, -0.2) is 0 Å². The van der Waals surface area contributed by atoms with Gasteiger partial charge in [0, 0.05) is 30.9 Å². The lowest BCUT2D eigenvalue weighted by molar-refractivity contribution is -0.143. The van der Waals surface area contributed by atoms with E-state index in [0.29, 0.717) is 13.0 Å². The van der Waals surface area contributed by atoms with Crippen LogP contribution < -0.4 is 5.32 Å². The Morgan fingerprint density at radius 3 is 2.68 bits per heavy atom. The molecule has 0 aliphatic carbocycles. The second-order valence-electron chi connectivity index (χ2n) is 4.73. The number of nitrogens with zero attached hydrogens (tertiary/aromatic N) is 1. The number of aromatic nitrogens is 1. The van der Waals surface area contributed by atoms with Gasteiger partial charge in [-0.1, -0.05) is 0 Å². The zero-order valence-electron chi connectivity index (χ0n) is 12.6. The zero-order valence-corrected chi connectivity index (χ0v) is 12.6. The summed E-state index contributed by atoms with van der Waals surface area (Å²) in [6, 6.07) is 2.23. The average molecular weight is 266 g/mol. The quantitative estimate of drug-likeness (QED) is 0.581. The number of nitrogens with one attached hydrogen (secondary N) is 1. The second kappa shape index (κ2) is 8.00. The summed E-state index contributed by atoms with van der Waals surface area (Å²) in [6.07, 6.45) is 1.32. The summed E-state index contributed by atoms with van der Waals surface area (Å²) in [6.45, 7) is 11.5. The van der Waals surface area contributed by atoms with Crippen LogP contribution in [-0.4, -0.2) is 23.7 Å². The molecule has 0 amide bonds. The largest absolute Gasteiger partial charge is 0.466 e. The monoisotopic (exact) mass is 266 g/mol. The molecule has 4 nitrogen and oxygen atoms in total. The fourth-order valence-corrected chi connectivity index (χ4v) is 2.35. The van der Waals surface area contributed by atoms with E-state index < -0.39 is 0 Å². The number of hydrogen-bond acceptors (Lipinski definition) is 3. The Bertz CT molecular complexity index is 411. The second-order valence-corrected chi connectivity index (χ2v) is 4.73. The van der Waals surface area contributed by atoms with E-state index >= 15 is 0 Å². The molecule has 19 heavy (non-hydrogen) atoms. The molecule has 108 valence electrons. The van der Waals surface area contributed by atoms with Gasteiger partial charge in [-0.3, -0.25) is 4.79 Å². The Balaban J connectivity index is 2.28. The van der Waals surface area contributed by atoms with Crippen molar-refractivity contribution in [2.24, 2.45) is 0 Å². The van der Waals surface area contributed by atoms with Gasteiger partial charge in [0.25, 0.3) is 0 Å². The van der Waals surface area contributed by atoms with Crippen LogP contribution in [0.15, 0.2) is 6.07 Å². The van der Waals surface area contributed by atoms with Gasteiger partial charge < -0.3 is 14.6 Å². The van der Waals surface area contributed by atoms with Crippen LogP contribution >= 0.6 is 0 Å². The molecule has 1 aromatic heterocycles. The molecule has 4 heteroatoms. The van der Waals surface area contributed by atoms with Crippen LogP contribution in [0.25, 0.3) is 0 Å². The number of rotatable bonds is 8. The van der Waals surface area contributed by atoms with Crippen LogP contribution in [-0.2, 0) is 22.6 Å². The van der Waals surface area contributed by atoms with E-state index in [4.69, 9.17) is 4.74 Å². The fraction of sp³-hybridized carbons (Fsp3) is 0.667. The number of aryl methyl sites for hydroxylation is 1. The van der Waals surface area contributed by atoms with E-state index in [-0.39, 0.29) is 5.97 Å².